The first-order valence-electron chi connectivity index (χ1n) is 6.53. The molecular weight excluding hydrogens is 272 g/mol. The van der Waals surface area contributed by atoms with Crippen LogP contribution >= 0.6 is 0 Å². The third kappa shape index (κ3) is 2.74. The Labute approximate surface area is 120 Å². The minimum atomic E-state index is -0.335. The summed E-state index contributed by atoms with van der Waals surface area (Å²) in [6, 6.07) is 9.74. The molecular formula is C15H14N2O4. The lowest BCUT2D eigenvalue weighted by Gasteiger charge is -2.14. The predicted molar refractivity (Wildman–Crippen MR) is 75.5 cm³/mol. The largest absolute Gasteiger partial charge is 0.454 e. The Hall–Kier alpha value is -2.76. The molecule has 0 aliphatic carbocycles. The smallest absolute Gasteiger partial charge is 0.268 e. The van der Waals surface area contributed by atoms with E-state index in [9.17, 15) is 9.59 Å². The summed E-state index contributed by atoms with van der Waals surface area (Å²) in [5.74, 6) is 1.03. The second-order valence-electron chi connectivity index (χ2n) is 4.74. The third-order valence-electron chi connectivity index (χ3n) is 3.26. The number of benzene rings is 1. The van der Waals surface area contributed by atoms with Crippen LogP contribution in [0, 0.1) is 0 Å². The van der Waals surface area contributed by atoms with E-state index in [-0.39, 0.29) is 30.0 Å². The lowest BCUT2D eigenvalue weighted by molar-refractivity contribution is 0.0934. The van der Waals surface area contributed by atoms with Crippen molar-refractivity contribution in [2.24, 2.45) is 0 Å². The van der Waals surface area contributed by atoms with Crippen LogP contribution < -0.4 is 20.3 Å². The van der Waals surface area contributed by atoms with Crippen LogP contribution in [-0.4, -0.2) is 17.7 Å². The van der Waals surface area contributed by atoms with E-state index in [4.69, 9.17) is 9.47 Å². The molecule has 1 amide bonds. The van der Waals surface area contributed by atoms with E-state index in [2.05, 4.69) is 10.3 Å². The summed E-state index contributed by atoms with van der Waals surface area (Å²) in [6.07, 6.45) is 0. The molecule has 1 aromatic carbocycles. The van der Waals surface area contributed by atoms with Gasteiger partial charge >= 0.3 is 0 Å². The van der Waals surface area contributed by atoms with Crippen LogP contribution in [0.5, 0.6) is 11.5 Å². The maximum absolute atomic E-state index is 12.1. The predicted octanol–water partition coefficient (Wildman–Crippen LogP) is 1.59. The van der Waals surface area contributed by atoms with Gasteiger partial charge in [-0.25, -0.2) is 0 Å². The number of H-pyrrole nitrogens is 1. The third-order valence-corrected chi connectivity index (χ3v) is 3.26. The van der Waals surface area contributed by atoms with E-state index in [1.807, 2.05) is 25.1 Å². The van der Waals surface area contributed by atoms with E-state index in [0.717, 1.165) is 5.56 Å². The highest BCUT2D eigenvalue weighted by Crippen LogP contribution is 2.34. The maximum atomic E-state index is 12.1. The molecule has 1 unspecified atom stereocenters. The Balaban J connectivity index is 1.75. The highest BCUT2D eigenvalue weighted by atomic mass is 16.7. The van der Waals surface area contributed by atoms with E-state index in [1.54, 1.807) is 12.1 Å². The minimum Gasteiger partial charge on any atom is -0.454 e. The second kappa shape index (κ2) is 5.32. The fourth-order valence-corrected chi connectivity index (χ4v) is 2.12. The van der Waals surface area contributed by atoms with Gasteiger partial charge in [-0.2, -0.15) is 0 Å². The van der Waals surface area contributed by atoms with E-state index < -0.39 is 0 Å². The fraction of sp³-hybridized carbons (Fsp3) is 0.200. The summed E-state index contributed by atoms with van der Waals surface area (Å²) in [5, 5.41) is 2.83. The zero-order valence-electron chi connectivity index (χ0n) is 11.4. The lowest BCUT2D eigenvalue weighted by atomic mass is 10.1. The van der Waals surface area contributed by atoms with Crippen LogP contribution in [0.2, 0.25) is 0 Å². The van der Waals surface area contributed by atoms with Crippen LogP contribution in [0.3, 0.4) is 0 Å². The van der Waals surface area contributed by atoms with Crippen molar-refractivity contribution < 1.29 is 14.3 Å². The molecule has 1 aliphatic heterocycles. The van der Waals surface area contributed by atoms with Crippen molar-refractivity contribution in [3.63, 3.8) is 0 Å². The summed E-state index contributed by atoms with van der Waals surface area (Å²) in [6.45, 7) is 2.07. The van der Waals surface area contributed by atoms with E-state index >= 15 is 0 Å². The molecule has 6 heteroatoms. The van der Waals surface area contributed by atoms with Crippen LogP contribution in [0.1, 0.15) is 29.0 Å². The number of carbonyl (C=O) groups excluding carboxylic acids is 1. The molecule has 0 saturated heterocycles. The number of carbonyl (C=O) groups is 1. The van der Waals surface area contributed by atoms with Gasteiger partial charge in [-0.05, 0) is 30.7 Å². The SMILES string of the molecule is CC(NC(=O)c1cccc(=O)[nH]1)c1ccc2c(c1)OCO2. The van der Waals surface area contributed by atoms with Crippen LogP contribution in [0.15, 0.2) is 41.2 Å². The average molecular weight is 286 g/mol. The van der Waals surface area contributed by atoms with Crippen molar-refractivity contribution >= 4 is 5.91 Å². The van der Waals surface area contributed by atoms with Gasteiger partial charge in [-0.1, -0.05) is 12.1 Å². The van der Waals surface area contributed by atoms with Gasteiger partial charge in [0.1, 0.15) is 5.69 Å². The Bertz CT molecular complexity index is 738. The Morgan fingerprint density at radius 2 is 2.05 bits per heavy atom. The van der Waals surface area contributed by atoms with Crippen molar-refractivity contribution in [1.29, 1.82) is 0 Å². The first kappa shape index (κ1) is 13.2. The van der Waals surface area contributed by atoms with Crippen molar-refractivity contribution in [1.82, 2.24) is 10.3 Å². The number of aromatic amines is 1. The van der Waals surface area contributed by atoms with Gasteiger partial charge in [0, 0.05) is 6.07 Å². The molecule has 0 fully saturated rings. The van der Waals surface area contributed by atoms with Gasteiger partial charge in [0.2, 0.25) is 12.4 Å². The summed E-state index contributed by atoms with van der Waals surface area (Å²) in [4.78, 5) is 25.8. The van der Waals surface area contributed by atoms with Gasteiger partial charge in [-0.15, -0.1) is 0 Å². The first-order chi connectivity index (χ1) is 10.1. The number of hydrogen-bond donors (Lipinski definition) is 2. The molecule has 0 radical (unpaired) electrons. The van der Waals surface area contributed by atoms with E-state index in [1.165, 1.54) is 6.07 Å². The highest BCUT2D eigenvalue weighted by molar-refractivity contribution is 5.92. The van der Waals surface area contributed by atoms with Crippen molar-refractivity contribution in [3.05, 3.63) is 58.0 Å². The summed E-state index contributed by atoms with van der Waals surface area (Å²) >= 11 is 0. The molecule has 6 nitrogen and oxygen atoms in total. The number of aromatic nitrogens is 1. The summed E-state index contributed by atoms with van der Waals surface area (Å²) < 4.78 is 10.6. The number of pyridine rings is 1. The molecule has 1 atom stereocenters. The van der Waals surface area contributed by atoms with Crippen LogP contribution in [-0.2, 0) is 0 Å². The maximum Gasteiger partial charge on any atom is 0.268 e. The average Bonchev–Trinajstić information content (AvgIpc) is 2.94. The molecule has 1 aliphatic rings. The molecule has 2 N–H and O–H groups in total. The second-order valence-corrected chi connectivity index (χ2v) is 4.74. The molecule has 3 rings (SSSR count). The number of rotatable bonds is 3. The number of ether oxygens (including phenoxy) is 2. The normalized spacial score (nSPS) is 13.8. The number of fused-ring (bicyclic) bond motifs is 1. The van der Waals surface area contributed by atoms with Gasteiger partial charge in [0.05, 0.1) is 6.04 Å². The molecule has 108 valence electrons. The zero-order valence-corrected chi connectivity index (χ0v) is 11.4. The van der Waals surface area contributed by atoms with Gasteiger partial charge in [0.25, 0.3) is 5.91 Å². The lowest BCUT2D eigenvalue weighted by Crippen LogP contribution is -2.28. The first-order valence-corrected chi connectivity index (χ1v) is 6.53. The Morgan fingerprint density at radius 1 is 1.24 bits per heavy atom. The van der Waals surface area contributed by atoms with Crippen LogP contribution in [0.25, 0.3) is 0 Å². The molecule has 21 heavy (non-hydrogen) atoms. The molecule has 0 spiro atoms. The standard InChI is InChI=1S/C15H14N2O4/c1-9(10-5-6-12-13(7-10)21-8-20-12)16-15(19)11-3-2-4-14(18)17-11/h2-7,9H,8H2,1H3,(H,16,19)(H,17,18). The number of hydrogen-bond acceptors (Lipinski definition) is 4. The molecule has 0 bridgehead atoms. The summed E-state index contributed by atoms with van der Waals surface area (Å²) in [5.41, 5.74) is 0.819. The molecule has 1 aromatic heterocycles. The van der Waals surface area contributed by atoms with E-state index in [0.29, 0.717) is 11.5 Å². The Morgan fingerprint density at radius 3 is 2.86 bits per heavy atom. The molecule has 2 heterocycles. The minimum absolute atomic E-state index is 0.213. The molecule has 2 aromatic rings. The van der Waals surface area contributed by atoms with Crippen LogP contribution in [0.4, 0.5) is 0 Å². The summed E-state index contributed by atoms with van der Waals surface area (Å²) in [7, 11) is 0. The highest BCUT2D eigenvalue weighted by Gasteiger charge is 2.17. The van der Waals surface area contributed by atoms with Crippen molar-refractivity contribution in [2.75, 3.05) is 6.79 Å². The Kier molecular flexibility index (Phi) is 3.35. The van der Waals surface area contributed by atoms with Gasteiger partial charge in [0.15, 0.2) is 11.5 Å². The topological polar surface area (TPSA) is 80.4 Å². The quantitative estimate of drug-likeness (QED) is 0.898. The molecule has 0 saturated carbocycles. The number of nitrogens with one attached hydrogen (secondary N) is 2. The van der Waals surface area contributed by atoms with Gasteiger partial charge in [-0.3, -0.25) is 9.59 Å². The number of amides is 1. The van der Waals surface area contributed by atoms with Gasteiger partial charge < -0.3 is 19.8 Å². The van der Waals surface area contributed by atoms with Crippen molar-refractivity contribution in [2.45, 2.75) is 13.0 Å². The zero-order chi connectivity index (χ0) is 14.8. The fourth-order valence-electron chi connectivity index (χ4n) is 2.12. The monoisotopic (exact) mass is 286 g/mol. The van der Waals surface area contributed by atoms with Crippen molar-refractivity contribution in [3.8, 4) is 11.5 Å².